The van der Waals surface area contributed by atoms with Gasteiger partial charge >= 0.3 is 0 Å². The van der Waals surface area contributed by atoms with Crippen molar-refractivity contribution < 1.29 is 9.59 Å². The molecule has 3 atom stereocenters. The van der Waals surface area contributed by atoms with E-state index in [4.69, 9.17) is 0 Å². The highest BCUT2D eigenvalue weighted by molar-refractivity contribution is 7.17. The number of benzene rings is 1. The lowest BCUT2D eigenvalue weighted by Crippen LogP contribution is -2.46. The summed E-state index contributed by atoms with van der Waals surface area (Å²) in [4.78, 5) is 28.2. The second-order valence-electron chi connectivity index (χ2n) is 7.21. The Morgan fingerprint density at radius 2 is 2.00 bits per heavy atom. The van der Waals surface area contributed by atoms with Crippen molar-refractivity contribution in [1.29, 1.82) is 0 Å². The number of hydrogen-bond acceptors (Lipinski definition) is 4. The number of piperidine rings is 1. The Hall–Kier alpha value is -2.18. The van der Waals surface area contributed by atoms with Gasteiger partial charge in [0.2, 0.25) is 5.91 Å². The fourth-order valence-electron chi connectivity index (χ4n) is 4.02. The highest BCUT2D eigenvalue weighted by Crippen LogP contribution is 2.34. The smallest absolute Gasteiger partial charge is 0.261 e. The van der Waals surface area contributed by atoms with Gasteiger partial charge in [-0.3, -0.25) is 9.59 Å². The largest absolute Gasteiger partial charge is 0.347 e. The zero-order valence-electron chi connectivity index (χ0n) is 14.8. The summed E-state index contributed by atoms with van der Waals surface area (Å²) < 4.78 is 0. The van der Waals surface area contributed by atoms with Crippen molar-refractivity contribution in [2.45, 2.75) is 25.8 Å². The van der Waals surface area contributed by atoms with Gasteiger partial charge in [-0.1, -0.05) is 18.2 Å². The number of carbonyl (C=O) groups excluding carboxylic acids is 2. The molecule has 2 fully saturated rings. The van der Waals surface area contributed by atoms with Crippen LogP contribution in [0, 0.1) is 5.92 Å². The van der Waals surface area contributed by atoms with Crippen LogP contribution >= 0.6 is 11.3 Å². The molecule has 4 rings (SSSR count). The van der Waals surface area contributed by atoms with Crippen molar-refractivity contribution >= 4 is 28.8 Å². The molecule has 0 aliphatic carbocycles. The molecule has 6 heteroatoms. The molecule has 2 aliphatic heterocycles. The number of nitrogens with one attached hydrogen (secondary N) is 2. The summed E-state index contributed by atoms with van der Waals surface area (Å²) >= 11 is 1.46. The number of para-hydroxylation sites is 1. The van der Waals surface area contributed by atoms with Crippen molar-refractivity contribution in [2.75, 3.05) is 25.0 Å². The maximum atomic E-state index is 12.7. The zero-order chi connectivity index (χ0) is 18.1. The molecule has 0 spiro atoms. The monoisotopic (exact) mass is 369 g/mol. The summed E-state index contributed by atoms with van der Waals surface area (Å²) in [6, 6.07) is 11.7. The van der Waals surface area contributed by atoms with Crippen molar-refractivity contribution in [1.82, 2.24) is 10.2 Å². The molecule has 2 aliphatic rings. The van der Waals surface area contributed by atoms with E-state index >= 15 is 0 Å². The van der Waals surface area contributed by atoms with Crippen molar-refractivity contribution in [3.05, 3.63) is 41.3 Å². The third-order valence-corrected chi connectivity index (χ3v) is 6.25. The van der Waals surface area contributed by atoms with Crippen LogP contribution in [0.2, 0.25) is 0 Å². The predicted octanol–water partition coefficient (Wildman–Crippen LogP) is 3.20. The average molecular weight is 369 g/mol. The van der Waals surface area contributed by atoms with Crippen LogP contribution in [0.1, 0.15) is 29.4 Å². The lowest BCUT2D eigenvalue weighted by Gasteiger charge is -2.30. The lowest BCUT2D eigenvalue weighted by molar-refractivity contribution is -0.114. The first-order valence-corrected chi connectivity index (χ1v) is 9.90. The molecule has 3 heterocycles. The van der Waals surface area contributed by atoms with Gasteiger partial charge in [-0.05, 0) is 43.5 Å². The van der Waals surface area contributed by atoms with Crippen LogP contribution in [0.5, 0.6) is 0 Å². The number of anilines is 1. The first-order chi connectivity index (χ1) is 12.6. The highest BCUT2D eigenvalue weighted by atomic mass is 32.1. The van der Waals surface area contributed by atoms with Crippen LogP contribution in [-0.2, 0) is 4.79 Å². The molecule has 2 bridgehead atoms. The van der Waals surface area contributed by atoms with E-state index in [9.17, 15) is 9.59 Å². The molecule has 26 heavy (non-hydrogen) atoms. The van der Waals surface area contributed by atoms with Crippen LogP contribution in [0.15, 0.2) is 36.4 Å². The molecule has 3 unspecified atom stereocenters. The number of amides is 2. The maximum absolute atomic E-state index is 12.7. The Morgan fingerprint density at radius 1 is 1.15 bits per heavy atom. The molecule has 136 valence electrons. The Kier molecular flexibility index (Phi) is 4.78. The Bertz CT molecular complexity index is 820. The van der Waals surface area contributed by atoms with E-state index in [-0.39, 0.29) is 17.9 Å². The summed E-state index contributed by atoms with van der Waals surface area (Å²) in [5, 5.41) is 6.06. The molecule has 2 amide bonds. The van der Waals surface area contributed by atoms with Crippen molar-refractivity contribution in [3.63, 3.8) is 0 Å². The maximum Gasteiger partial charge on any atom is 0.261 e. The molecule has 1 aromatic carbocycles. The van der Waals surface area contributed by atoms with Gasteiger partial charge in [-0.2, -0.15) is 0 Å². The number of fused-ring (bicyclic) bond motifs is 2. The second kappa shape index (κ2) is 7.21. The minimum absolute atomic E-state index is 0.00533. The third kappa shape index (κ3) is 3.66. The number of thiophene rings is 1. The first kappa shape index (κ1) is 17.2. The Labute approximate surface area is 157 Å². The van der Waals surface area contributed by atoms with E-state index in [1.807, 2.05) is 36.4 Å². The van der Waals surface area contributed by atoms with Gasteiger partial charge in [0, 0.05) is 42.2 Å². The minimum Gasteiger partial charge on any atom is -0.347 e. The van der Waals surface area contributed by atoms with Crippen molar-refractivity contribution in [2.24, 2.45) is 5.92 Å². The molecule has 1 aromatic heterocycles. The molecular formula is C20H23N3O2S. The van der Waals surface area contributed by atoms with Gasteiger partial charge in [-0.25, -0.2) is 0 Å². The SMILES string of the molecule is CC(=O)Nc1ccccc1-c1ccc(C(=O)NC2CC3CCN(C3)C2)s1. The number of hydrogen-bond donors (Lipinski definition) is 2. The topological polar surface area (TPSA) is 61.4 Å². The molecule has 5 nitrogen and oxygen atoms in total. The average Bonchev–Trinajstić information content (AvgIpc) is 3.22. The quantitative estimate of drug-likeness (QED) is 0.870. The summed E-state index contributed by atoms with van der Waals surface area (Å²) in [5.74, 6) is 0.636. The third-order valence-electron chi connectivity index (χ3n) is 5.13. The minimum atomic E-state index is -0.103. The predicted molar refractivity (Wildman–Crippen MR) is 104 cm³/mol. The molecule has 2 aromatic rings. The van der Waals surface area contributed by atoms with Gasteiger partial charge in [0.1, 0.15) is 0 Å². The lowest BCUT2D eigenvalue weighted by atomic mass is 9.97. The number of carbonyl (C=O) groups is 2. The fourth-order valence-corrected chi connectivity index (χ4v) is 4.97. The van der Waals surface area contributed by atoms with E-state index in [1.165, 1.54) is 37.8 Å². The van der Waals surface area contributed by atoms with E-state index in [0.29, 0.717) is 4.88 Å². The summed E-state index contributed by atoms with van der Waals surface area (Å²) in [6.07, 6.45) is 2.35. The van der Waals surface area contributed by atoms with Gasteiger partial charge < -0.3 is 15.5 Å². The van der Waals surface area contributed by atoms with Crippen LogP contribution in [0.3, 0.4) is 0 Å². The van der Waals surface area contributed by atoms with Crippen LogP contribution in [0.25, 0.3) is 10.4 Å². The molecular weight excluding hydrogens is 346 g/mol. The Balaban J connectivity index is 1.48. The Morgan fingerprint density at radius 3 is 2.81 bits per heavy atom. The van der Waals surface area contributed by atoms with Gasteiger partial charge in [0.05, 0.1) is 4.88 Å². The van der Waals surface area contributed by atoms with Gasteiger partial charge in [-0.15, -0.1) is 11.3 Å². The second-order valence-corrected chi connectivity index (χ2v) is 8.29. The van der Waals surface area contributed by atoms with Gasteiger partial charge in [0.25, 0.3) is 5.91 Å². The fraction of sp³-hybridized carbons (Fsp3) is 0.400. The van der Waals surface area contributed by atoms with E-state index in [2.05, 4.69) is 15.5 Å². The summed E-state index contributed by atoms with van der Waals surface area (Å²) in [7, 11) is 0. The molecule has 0 radical (unpaired) electrons. The van der Waals surface area contributed by atoms with E-state index in [1.54, 1.807) is 0 Å². The summed E-state index contributed by atoms with van der Waals surface area (Å²) in [5.41, 5.74) is 1.71. The van der Waals surface area contributed by atoms with E-state index in [0.717, 1.165) is 35.0 Å². The zero-order valence-corrected chi connectivity index (χ0v) is 15.6. The van der Waals surface area contributed by atoms with Crippen LogP contribution in [0.4, 0.5) is 5.69 Å². The van der Waals surface area contributed by atoms with Gasteiger partial charge in [0.15, 0.2) is 0 Å². The van der Waals surface area contributed by atoms with E-state index < -0.39 is 0 Å². The van der Waals surface area contributed by atoms with Crippen molar-refractivity contribution in [3.8, 4) is 10.4 Å². The molecule has 0 saturated carbocycles. The highest BCUT2D eigenvalue weighted by Gasteiger charge is 2.33. The first-order valence-electron chi connectivity index (χ1n) is 9.08. The summed E-state index contributed by atoms with van der Waals surface area (Å²) in [6.45, 7) is 4.82. The number of rotatable bonds is 4. The number of nitrogens with zero attached hydrogens (tertiary/aromatic N) is 1. The van der Waals surface area contributed by atoms with Crippen LogP contribution < -0.4 is 10.6 Å². The standard InChI is InChI=1S/C20H23N3O2S/c1-13(24)21-17-5-3-2-4-16(17)18-6-7-19(26-18)20(25)22-15-10-14-8-9-23(11-14)12-15/h2-7,14-15H,8-12H2,1H3,(H,21,24)(H,22,25). The molecule has 2 N–H and O–H groups in total. The molecule has 2 saturated heterocycles. The van der Waals surface area contributed by atoms with Crippen LogP contribution in [-0.4, -0.2) is 42.4 Å². The normalized spacial score (nSPS) is 24.3.